The van der Waals surface area contributed by atoms with Crippen molar-refractivity contribution >= 4 is 5.88 Å². The summed E-state index contributed by atoms with van der Waals surface area (Å²) in [6, 6.07) is 12.1. The summed E-state index contributed by atoms with van der Waals surface area (Å²) in [5.41, 5.74) is 2.90. The van der Waals surface area contributed by atoms with Gasteiger partial charge in [-0.3, -0.25) is 15.0 Å². The van der Waals surface area contributed by atoms with Gasteiger partial charge >= 0.3 is 5.88 Å². The Morgan fingerprint density at radius 2 is 1.92 bits per heavy atom. The molecule has 5 heteroatoms. The average Bonchev–Trinajstić information content (AvgIpc) is 3.16. The number of likely N-dealkylation sites (tertiary alicyclic amines) is 1. The minimum atomic E-state index is -0.493. The van der Waals surface area contributed by atoms with E-state index in [-0.39, 0.29) is 11.3 Å². The molecule has 1 aromatic heterocycles. The van der Waals surface area contributed by atoms with Crippen molar-refractivity contribution < 1.29 is 9.34 Å². The lowest BCUT2D eigenvalue weighted by Gasteiger charge is -2.20. The number of hydrogen-bond donors (Lipinski definition) is 0. The van der Waals surface area contributed by atoms with Crippen molar-refractivity contribution in [2.75, 3.05) is 13.1 Å². The van der Waals surface area contributed by atoms with Crippen molar-refractivity contribution in [2.45, 2.75) is 45.1 Å². The maximum Gasteiger partial charge on any atom is 0.433 e. The Labute approximate surface area is 142 Å². The van der Waals surface area contributed by atoms with Crippen LogP contribution >= 0.6 is 0 Å². The summed E-state index contributed by atoms with van der Waals surface area (Å²) >= 11 is 0. The van der Waals surface area contributed by atoms with E-state index >= 15 is 0 Å². The van der Waals surface area contributed by atoms with E-state index in [9.17, 15) is 10.1 Å². The lowest BCUT2D eigenvalue weighted by Crippen LogP contribution is -2.19. The van der Waals surface area contributed by atoms with E-state index in [0.29, 0.717) is 18.2 Å². The lowest BCUT2D eigenvalue weighted by atomic mass is 9.85. The quantitative estimate of drug-likeness (QED) is 0.613. The third-order valence-corrected chi connectivity index (χ3v) is 4.73. The van der Waals surface area contributed by atoms with E-state index < -0.39 is 4.92 Å². The fourth-order valence-electron chi connectivity index (χ4n) is 3.27. The van der Waals surface area contributed by atoms with E-state index in [1.807, 2.05) is 0 Å². The second-order valence-corrected chi connectivity index (χ2v) is 7.59. The highest BCUT2D eigenvalue weighted by Gasteiger charge is 2.25. The van der Waals surface area contributed by atoms with Gasteiger partial charge in [0.2, 0.25) is 0 Å². The van der Waals surface area contributed by atoms with Gasteiger partial charge in [0.25, 0.3) is 0 Å². The Hall–Kier alpha value is -2.14. The molecule has 128 valence electrons. The summed E-state index contributed by atoms with van der Waals surface area (Å²) in [4.78, 5) is 12.5. The number of benzene rings is 1. The first-order chi connectivity index (χ1) is 11.3. The van der Waals surface area contributed by atoms with E-state index in [0.717, 1.165) is 19.5 Å². The Morgan fingerprint density at radius 3 is 2.50 bits per heavy atom. The van der Waals surface area contributed by atoms with Crippen LogP contribution in [0.4, 0.5) is 5.88 Å². The normalized spacial score (nSPS) is 18.9. The fourth-order valence-corrected chi connectivity index (χ4v) is 3.27. The molecule has 1 unspecified atom stereocenters. The molecule has 24 heavy (non-hydrogen) atoms. The second-order valence-electron chi connectivity index (χ2n) is 7.59. The first-order valence-corrected chi connectivity index (χ1v) is 8.39. The van der Waals surface area contributed by atoms with E-state index in [1.165, 1.54) is 17.2 Å². The zero-order chi connectivity index (χ0) is 17.3. The highest BCUT2D eigenvalue weighted by Crippen LogP contribution is 2.31. The molecule has 1 saturated heterocycles. The van der Waals surface area contributed by atoms with Crippen LogP contribution in [-0.2, 0) is 12.0 Å². The van der Waals surface area contributed by atoms with Crippen LogP contribution in [0.2, 0.25) is 0 Å². The molecule has 1 aliphatic heterocycles. The summed E-state index contributed by atoms with van der Waals surface area (Å²) < 4.78 is 5.26. The van der Waals surface area contributed by atoms with E-state index in [1.54, 1.807) is 6.07 Å². The molecule has 1 aliphatic rings. The van der Waals surface area contributed by atoms with Crippen LogP contribution < -0.4 is 0 Å². The molecule has 1 aromatic carbocycles. The highest BCUT2D eigenvalue weighted by molar-refractivity contribution is 5.30. The lowest BCUT2D eigenvalue weighted by molar-refractivity contribution is -0.402. The number of nitrogens with zero attached hydrogens (tertiary/aromatic N) is 2. The molecule has 3 rings (SSSR count). The largest absolute Gasteiger partial charge is 0.433 e. The molecule has 5 nitrogen and oxygen atoms in total. The highest BCUT2D eigenvalue weighted by atomic mass is 16.6. The van der Waals surface area contributed by atoms with Crippen molar-refractivity contribution in [3.05, 3.63) is 63.4 Å². The molecule has 1 fully saturated rings. The first kappa shape index (κ1) is 16.7. The van der Waals surface area contributed by atoms with Crippen LogP contribution in [0, 0.1) is 10.1 Å². The standard InChI is InChI=1S/C19H24N2O3/c1-19(2,3)16-6-4-14(5-7-16)15-10-11-20(12-15)13-17-8-9-18(24-17)21(22)23/h4-9,15H,10-13H2,1-3H3. The van der Waals surface area contributed by atoms with Gasteiger partial charge in [-0.25, -0.2) is 0 Å². The van der Waals surface area contributed by atoms with Crippen molar-refractivity contribution in [2.24, 2.45) is 0 Å². The van der Waals surface area contributed by atoms with Crippen LogP contribution in [0.15, 0.2) is 40.8 Å². The van der Waals surface area contributed by atoms with Crippen molar-refractivity contribution in [1.82, 2.24) is 4.90 Å². The van der Waals surface area contributed by atoms with E-state index in [4.69, 9.17) is 4.42 Å². The molecule has 0 saturated carbocycles. The summed E-state index contributed by atoms with van der Waals surface area (Å²) in [6.45, 7) is 9.25. The van der Waals surface area contributed by atoms with Gasteiger partial charge in [0.05, 0.1) is 12.6 Å². The minimum absolute atomic E-state index is 0.175. The number of hydrogen-bond acceptors (Lipinski definition) is 4. The summed E-state index contributed by atoms with van der Waals surface area (Å²) in [7, 11) is 0. The summed E-state index contributed by atoms with van der Waals surface area (Å²) in [6.07, 6.45) is 1.11. The second kappa shape index (κ2) is 6.40. The predicted octanol–water partition coefficient (Wildman–Crippen LogP) is 4.47. The van der Waals surface area contributed by atoms with Crippen LogP contribution in [0.5, 0.6) is 0 Å². The summed E-state index contributed by atoms with van der Waals surface area (Å²) in [5.74, 6) is 0.993. The van der Waals surface area contributed by atoms with Crippen LogP contribution in [0.25, 0.3) is 0 Å². The Bertz CT molecular complexity index is 713. The molecule has 0 amide bonds. The molecule has 1 atom stereocenters. The van der Waals surface area contributed by atoms with Gasteiger partial charge in [-0.1, -0.05) is 45.0 Å². The molecular weight excluding hydrogens is 304 g/mol. The topological polar surface area (TPSA) is 59.5 Å². The monoisotopic (exact) mass is 328 g/mol. The van der Waals surface area contributed by atoms with Crippen molar-refractivity contribution in [3.63, 3.8) is 0 Å². The molecule has 0 radical (unpaired) electrons. The molecular formula is C19H24N2O3. The van der Waals surface area contributed by atoms with Crippen molar-refractivity contribution in [1.29, 1.82) is 0 Å². The molecule has 0 aliphatic carbocycles. The predicted molar refractivity (Wildman–Crippen MR) is 93.1 cm³/mol. The van der Waals surface area contributed by atoms with Gasteiger partial charge in [0, 0.05) is 6.54 Å². The Morgan fingerprint density at radius 1 is 1.21 bits per heavy atom. The van der Waals surface area contributed by atoms with Crippen molar-refractivity contribution in [3.8, 4) is 0 Å². The third-order valence-electron chi connectivity index (χ3n) is 4.73. The van der Waals surface area contributed by atoms with Gasteiger partial charge in [-0.05, 0) is 41.5 Å². The van der Waals surface area contributed by atoms with Gasteiger partial charge < -0.3 is 4.42 Å². The molecule has 2 aromatic rings. The third kappa shape index (κ3) is 3.67. The first-order valence-electron chi connectivity index (χ1n) is 8.39. The summed E-state index contributed by atoms with van der Waals surface area (Å²) in [5, 5.41) is 10.7. The number of rotatable bonds is 4. The number of nitro groups is 1. The Kier molecular flexibility index (Phi) is 4.45. The van der Waals surface area contributed by atoms with Crippen LogP contribution in [-0.4, -0.2) is 22.9 Å². The Balaban J connectivity index is 1.61. The van der Waals surface area contributed by atoms with Crippen LogP contribution in [0.3, 0.4) is 0 Å². The molecule has 0 bridgehead atoms. The van der Waals surface area contributed by atoms with Gasteiger partial charge in [-0.2, -0.15) is 0 Å². The molecule has 0 spiro atoms. The van der Waals surface area contributed by atoms with Gasteiger partial charge in [0.15, 0.2) is 0 Å². The maximum atomic E-state index is 10.7. The zero-order valence-electron chi connectivity index (χ0n) is 14.5. The fraction of sp³-hybridized carbons (Fsp3) is 0.474. The van der Waals surface area contributed by atoms with Gasteiger partial charge in [-0.15, -0.1) is 0 Å². The zero-order valence-corrected chi connectivity index (χ0v) is 14.5. The smallest absolute Gasteiger partial charge is 0.404 e. The number of furan rings is 1. The molecule has 2 heterocycles. The van der Waals surface area contributed by atoms with E-state index in [2.05, 4.69) is 49.9 Å². The SMILES string of the molecule is CC(C)(C)c1ccc(C2CCN(Cc3ccc([N+](=O)[O-])o3)C2)cc1. The molecule has 0 N–H and O–H groups in total. The van der Waals surface area contributed by atoms with Crippen LogP contribution in [0.1, 0.15) is 50.0 Å². The minimum Gasteiger partial charge on any atom is -0.404 e. The maximum absolute atomic E-state index is 10.7. The average molecular weight is 328 g/mol. The van der Waals surface area contributed by atoms with Gasteiger partial charge in [0.1, 0.15) is 10.7 Å².